The average molecular weight is 155 g/mol. The van der Waals surface area contributed by atoms with E-state index in [1.54, 1.807) is 0 Å². The van der Waals surface area contributed by atoms with Crippen molar-refractivity contribution >= 4 is 0 Å². The molecule has 0 aliphatic rings. The van der Waals surface area contributed by atoms with Crippen molar-refractivity contribution in [3.05, 3.63) is 6.42 Å². The largest absolute Gasteiger partial charge is 0.0628 e. The van der Waals surface area contributed by atoms with E-state index in [1.165, 1.54) is 25.7 Å². The quantitative estimate of drug-likeness (QED) is 0.507. The first kappa shape index (κ1) is 11.0. The maximum Gasteiger partial charge on any atom is -0.0383 e. The molecule has 0 aromatic rings. The Balaban J connectivity index is 2.91. The summed E-state index contributed by atoms with van der Waals surface area (Å²) in [6.45, 7) is 9.14. The second-order valence-electron chi connectivity index (χ2n) is 4.24. The molecule has 0 saturated heterocycles. The van der Waals surface area contributed by atoms with E-state index < -0.39 is 0 Å². The zero-order valence-electron chi connectivity index (χ0n) is 8.56. The van der Waals surface area contributed by atoms with Crippen LogP contribution in [0.25, 0.3) is 0 Å². The lowest BCUT2D eigenvalue weighted by Crippen LogP contribution is -1.90. The highest BCUT2D eigenvalue weighted by atomic mass is 14.0. The van der Waals surface area contributed by atoms with Gasteiger partial charge in [-0.05, 0) is 24.7 Å². The third-order valence-corrected chi connectivity index (χ3v) is 1.83. The van der Waals surface area contributed by atoms with Crippen molar-refractivity contribution in [2.24, 2.45) is 11.8 Å². The molecule has 0 aromatic carbocycles. The first-order valence-corrected chi connectivity index (χ1v) is 4.94. The van der Waals surface area contributed by atoms with Crippen molar-refractivity contribution in [3.63, 3.8) is 0 Å². The highest BCUT2D eigenvalue weighted by Crippen LogP contribution is 2.11. The predicted molar refractivity (Wildman–Crippen MR) is 52.4 cm³/mol. The normalized spacial score (nSPS) is 11.5. The first-order valence-electron chi connectivity index (χ1n) is 4.94. The van der Waals surface area contributed by atoms with Crippen LogP contribution >= 0.6 is 0 Å². The van der Waals surface area contributed by atoms with Gasteiger partial charge in [-0.25, -0.2) is 0 Å². The summed E-state index contributed by atoms with van der Waals surface area (Å²) in [7, 11) is 0. The van der Waals surface area contributed by atoms with Gasteiger partial charge in [-0.15, -0.1) is 0 Å². The number of hydrogen-bond donors (Lipinski definition) is 0. The topological polar surface area (TPSA) is 0 Å². The SMILES string of the molecule is CC(C)C[CH]CCCC(C)C. The zero-order chi connectivity index (χ0) is 8.69. The summed E-state index contributed by atoms with van der Waals surface area (Å²) in [6.07, 6.45) is 7.81. The Hall–Kier alpha value is 0. The summed E-state index contributed by atoms with van der Waals surface area (Å²) in [5.41, 5.74) is 0. The van der Waals surface area contributed by atoms with Crippen LogP contribution in [-0.4, -0.2) is 0 Å². The summed E-state index contributed by atoms with van der Waals surface area (Å²) >= 11 is 0. The van der Waals surface area contributed by atoms with Crippen LogP contribution in [0.1, 0.15) is 53.4 Å². The van der Waals surface area contributed by atoms with E-state index in [1.807, 2.05) is 0 Å². The molecule has 0 unspecified atom stereocenters. The van der Waals surface area contributed by atoms with E-state index in [2.05, 4.69) is 34.1 Å². The Kier molecular flexibility index (Phi) is 6.69. The fraction of sp³-hybridized carbons (Fsp3) is 0.909. The van der Waals surface area contributed by atoms with Gasteiger partial charge in [-0.2, -0.15) is 0 Å². The first-order chi connectivity index (χ1) is 5.13. The molecule has 0 aromatic heterocycles. The molecule has 0 atom stereocenters. The molecule has 0 N–H and O–H groups in total. The summed E-state index contributed by atoms with van der Waals surface area (Å²) in [5, 5.41) is 0. The third kappa shape index (κ3) is 10.0. The monoisotopic (exact) mass is 155 g/mol. The second kappa shape index (κ2) is 6.69. The van der Waals surface area contributed by atoms with Gasteiger partial charge in [0.15, 0.2) is 0 Å². The van der Waals surface area contributed by atoms with Gasteiger partial charge in [0.05, 0.1) is 0 Å². The summed E-state index contributed by atoms with van der Waals surface area (Å²) in [5.74, 6) is 1.72. The molecule has 0 rings (SSSR count). The lowest BCUT2D eigenvalue weighted by atomic mass is 10.0. The Labute approximate surface area is 72.4 Å². The van der Waals surface area contributed by atoms with Crippen molar-refractivity contribution in [1.29, 1.82) is 0 Å². The van der Waals surface area contributed by atoms with Gasteiger partial charge in [0, 0.05) is 0 Å². The number of hydrogen-bond acceptors (Lipinski definition) is 0. The lowest BCUT2D eigenvalue weighted by molar-refractivity contribution is 0.537. The molecule has 0 aliphatic carbocycles. The van der Waals surface area contributed by atoms with Crippen molar-refractivity contribution in [2.45, 2.75) is 53.4 Å². The van der Waals surface area contributed by atoms with Gasteiger partial charge in [0.1, 0.15) is 0 Å². The summed E-state index contributed by atoms with van der Waals surface area (Å²) < 4.78 is 0. The van der Waals surface area contributed by atoms with Crippen LogP contribution in [0.15, 0.2) is 0 Å². The van der Waals surface area contributed by atoms with E-state index in [9.17, 15) is 0 Å². The molecule has 0 spiro atoms. The molecule has 0 nitrogen and oxygen atoms in total. The van der Waals surface area contributed by atoms with E-state index in [0.717, 1.165) is 11.8 Å². The van der Waals surface area contributed by atoms with Crippen molar-refractivity contribution in [1.82, 2.24) is 0 Å². The summed E-state index contributed by atoms with van der Waals surface area (Å²) in [4.78, 5) is 0. The second-order valence-corrected chi connectivity index (χ2v) is 4.24. The molecule has 0 heteroatoms. The molecular weight excluding hydrogens is 132 g/mol. The van der Waals surface area contributed by atoms with Crippen LogP contribution in [0.4, 0.5) is 0 Å². The minimum Gasteiger partial charge on any atom is -0.0628 e. The van der Waals surface area contributed by atoms with E-state index >= 15 is 0 Å². The molecule has 67 valence electrons. The van der Waals surface area contributed by atoms with Crippen molar-refractivity contribution in [3.8, 4) is 0 Å². The van der Waals surface area contributed by atoms with Crippen molar-refractivity contribution in [2.75, 3.05) is 0 Å². The molecule has 1 radical (unpaired) electrons. The van der Waals surface area contributed by atoms with Gasteiger partial charge in [0.2, 0.25) is 0 Å². The lowest BCUT2D eigenvalue weighted by Gasteiger charge is -2.05. The van der Waals surface area contributed by atoms with Crippen LogP contribution in [0, 0.1) is 18.3 Å². The van der Waals surface area contributed by atoms with Crippen molar-refractivity contribution < 1.29 is 0 Å². The predicted octanol–water partition coefficient (Wildman–Crippen LogP) is 4.06. The van der Waals surface area contributed by atoms with E-state index in [0.29, 0.717) is 0 Å². The fourth-order valence-electron chi connectivity index (χ4n) is 1.12. The van der Waals surface area contributed by atoms with Gasteiger partial charge < -0.3 is 0 Å². The Morgan fingerprint density at radius 3 is 2.09 bits per heavy atom. The molecule has 0 aliphatic heterocycles. The summed E-state index contributed by atoms with van der Waals surface area (Å²) in [6, 6.07) is 0. The highest BCUT2D eigenvalue weighted by Gasteiger charge is 1.96. The standard InChI is InChI=1S/C11H23/c1-10(2)8-6-5-7-9-11(3)4/h6,10-11H,5,7-9H2,1-4H3. The molecule has 0 amide bonds. The van der Waals surface area contributed by atoms with Crippen LogP contribution in [0.3, 0.4) is 0 Å². The Morgan fingerprint density at radius 2 is 1.64 bits per heavy atom. The van der Waals surface area contributed by atoms with Crippen LogP contribution < -0.4 is 0 Å². The molecule has 0 heterocycles. The number of rotatable bonds is 6. The van der Waals surface area contributed by atoms with Crippen LogP contribution in [-0.2, 0) is 0 Å². The minimum absolute atomic E-state index is 0.842. The molecule has 0 bridgehead atoms. The zero-order valence-corrected chi connectivity index (χ0v) is 8.56. The van der Waals surface area contributed by atoms with E-state index in [-0.39, 0.29) is 0 Å². The average Bonchev–Trinajstić information content (AvgIpc) is 1.85. The fourth-order valence-corrected chi connectivity index (χ4v) is 1.12. The maximum atomic E-state index is 2.44. The minimum atomic E-state index is 0.842. The van der Waals surface area contributed by atoms with Crippen LogP contribution in [0.5, 0.6) is 0 Å². The molecule has 11 heavy (non-hydrogen) atoms. The molecular formula is C11H23. The van der Waals surface area contributed by atoms with E-state index in [4.69, 9.17) is 0 Å². The molecule has 0 fully saturated rings. The smallest absolute Gasteiger partial charge is 0.0383 e. The third-order valence-electron chi connectivity index (χ3n) is 1.83. The Morgan fingerprint density at radius 1 is 1.00 bits per heavy atom. The molecule has 0 saturated carbocycles. The highest BCUT2D eigenvalue weighted by molar-refractivity contribution is 4.66. The van der Waals surface area contributed by atoms with Gasteiger partial charge >= 0.3 is 0 Å². The maximum absolute atomic E-state index is 2.44. The number of unbranched alkanes of at least 4 members (excludes halogenated alkanes) is 2. The van der Waals surface area contributed by atoms with Gasteiger partial charge in [-0.3, -0.25) is 0 Å². The van der Waals surface area contributed by atoms with Gasteiger partial charge in [-0.1, -0.05) is 47.0 Å². The van der Waals surface area contributed by atoms with Crippen LogP contribution in [0.2, 0.25) is 0 Å². The van der Waals surface area contributed by atoms with Gasteiger partial charge in [0.25, 0.3) is 0 Å². The Bertz CT molecular complexity index is 62.1.